The zero-order valence-corrected chi connectivity index (χ0v) is 19.9. The Balaban J connectivity index is 1.68. The first kappa shape index (κ1) is 20.9. The Morgan fingerprint density at radius 2 is 1.78 bits per heavy atom. The summed E-state index contributed by atoms with van der Waals surface area (Å²) in [5.74, 6) is 0.930. The number of aromatic nitrogens is 1. The topological polar surface area (TPSA) is 51.8 Å². The quantitative estimate of drug-likeness (QED) is 0.681. The second-order valence-electron chi connectivity index (χ2n) is 9.81. The number of benzene rings is 2. The normalized spacial score (nSPS) is 17.9. The van der Waals surface area contributed by atoms with Crippen LogP contribution in [-0.2, 0) is 5.41 Å². The van der Waals surface area contributed by atoms with E-state index in [9.17, 15) is 4.79 Å². The van der Waals surface area contributed by atoms with Crippen LogP contribution in [0.3, 0.4) is 0 Å². The van der Waals surface area contributed by atoms with Gasteiger partial charge in [-0.15, -0.1) is 0 Å². The molecule has 2 aromatic carbocycles. The van der Waals surface area contributed by atoms with Crippen LogP contribution in [0.15, 0.2) is 30.3 Å². The summed E-state index contributed by atoms with van der Waals surface area (Å²) in [6.45, 7) is 8.23. The van der Waals surface area contributed by atoms with Gasteiger partial charge in [0.25, 0.3) is 0 Å². The molecule has 1 aromatic heterocycles. The van der Waals surface area contributed by atoms with Crippen LogP contribution in [0.25, 0.3) is 10.9 Å². The molecule has 1 saturated heterocycles. The first-order chi connectivity index (χ1) is 15.2. The Hall–Kier alpha value is -2.99. The summed E-state index contributed by atoms with van der Waals surface area (Å²) in [6.07, 6.45) is 0. The van der Waals surface area contributed by atoms with Crippen LogP contribution in [-0.4, -0.2) is 70.1 Å². The average Bonchev–Trinajstić information content (AvgIpc) is 3.17. The number of hydrogen-bond acceptors (Lipinski definition) is 5. The number of ether oxygens (including phenoxy) is 1. The minimum absolute atomic E-state index is 0.0937. The van der Waals surface area contributed by atoms with Crippen molar-refractivity contribution < 1.29 is 9.53 Å². The minimum atomic E-state index is -0.343. The molecular weight excluding hydrogens is 400 g/mol. The maximum Gasteiger partial charge on any atom is 0.195 e. The number of nitrogens with zero attached hydrogens (tertiary/aromatic N) is 3. The lowest BCUT2D eigenvalue weighted by molar-refractivity contribution is 0.103. The summed E-state index contributed by atoms with van der Waals surface area (Å²) in [6, 6.07) is 10.4. The fraction of sp³-hybridized carbons (Fsp3) is 0.423. The molecule has 2 heterocycles. The maximum atomic E-state index is 13.9. The van der Waals surface area contributed by atoms with E-state index in [2.05, 4.69) is 70.9 Å². The van der Waals surface area contributed by atoms with Gasteiger partial charge in [0, 0.05) is 73.5 Å². The number of fused-ring (bicyclic) bond motifs is 4. The number of ketones is 1. The molecule has 1 aliphatic heterocycles. The highest BCUT2D eigenvalue weighted by molar-refractivity contribution is 6.20. The van der Waals surface area contributed by atoms with Crippen LogP contribution in [0.1, 0.15) is 41.0 Å². The Morgan fingerprint density at radius 1 is 1.06 bits per heavy atom. The van der Waals surface area contributed by atoms with Crippen molar-refractivity contribution in [3.05, 3.63) is 52.7 Å². The van der Waals surface area contributed by atoms with E-state index in [-0.39, 0.29) is 11.2 Å². The fourth-order valence-electron chi connectivity index (χ4n) is 5.17. The summed E-state index contributed by atoms with van der Waals surface area (Å²) in [7, 11) is 7.92. The zero-order valence-electron chi connectivity index (χ0n) is 19.9. The molecule has 0 radical (unpaired) electrons. The van der Waals surface area contributed by atoms with Gasteiger partial charge in [0.2, 0.25) is 0 Å². The van der Waals surface area contributed by atoms with E-state index in [0.717, 1.165) is 76.6 Å². The molecule has 3 aromatic rings. The molecule has 32 heavy (non-hydrogen) atoms. The lowest BCUT2D eigenvalue weighted by atomic mass is 9.71. The maximum absolute atomic E-state index is 13.9. The predicted molar refractivity (Wildman–Crippen MR) is 131 cm³/mol. The molecule has 0 spiro atoms. The molecule has 168 valence electrons. The van der Waals surface area contributed by atoms with E-state index in [1.807, 2.05) is 14.1 Å². The number of H-pyrrole nitrogens is 1. The number of aromatic amines is 1. The highest BCUT2D eigenvalue weighted by Gasteiger charge is 2.41. The van der Waals surface area contributed by atoms with Crippen molar-refractivity contribution in [2.24, 2.45) is 0 Å². The Bertz CT molecular complexity index is 1220. The molecule has 1 N–H and O–H groups in total. The predicted octanol–water partition coefficient (Wildman–Crippen LogP) is 3.86. The zero-order chi connectivity index (χ0) is 22.8. The van der Waals surface area contributed by atoms with E-state index in [4.69, 9.17) is 4.74 Å². The number of rotatable bonds is 3. The number of carbonyl (C=O) groups excluding carboxylic acids is 1. The Kier molecular flexibility index (Phi) is 4.75. The first-order valence-corrected chi connectivity index (χ1v) is 11.3. The third-order valence-electron chi connectivity index (χ3n) is 7.23. The summed E-state index contributed by atoms with van der Waals surface area (Å²) >= 11 is 0. The van der Waals surface area contributed by atoms with Gasteiger partial charge in [-0.25, -0.2) is 0 Å². The highest BCUT2D eigenvalue weighted by atomic mass is 16.5. The second kappa shape index (κ2) is 7.27. The largest absolute Gasteiger partial charge is 0.495 e. The van der Waals surface area contributed by atoms with Gasteiger partial charge >= 0.3 is 0 Å². The van der Waals surface area contributed by atoms with Crippen LogP contribution >= 0.6 is 0 Å². The molecule has 0 atom stereocenters. The number of piperazine rings is 1. The average molecular weight is 433 g/mol. The molecule has 2 aliphatic rings. The van der Waals surface area contributed by atoms with Crippen molar-refractivity contribution in [2.75, 3.05) is 64.2 Å². The van der Waals surface area contributed by atoms with Crippen LogP contribution < -0.4 is 14.5 Å². The van der Waals surface area contributed by atoms with Gasteiger partial charge in [0.05, 0.1) is 18.4 Å². The molecule has 0 unspecified atom stereocenters. The number of hydrogen-bond donors (Lipinski definition) is 1. The Labute approximate surface area is 189 Å². The number of anilines is 2. The van der Waals surface area contributed by atoms with Gasteiger partial charge in [0.1, 0.15) is 5.75 Å². The number of likely N-dealkylation sites (N-methyl/N-ethyl adjacent to an activating group) is 1. The van der Waals surface area contributed by atoms with E-state index < -0.39 is 0 Å². The molecule has 6 heteroatoms. The van der Waals surface area contributed by atoms with Crippen molar-refractivity contribution in [1.29, 1.82) is 0 Å². The SMILES string of the molecule is COc1cc2c(cc1N1CCN(C)CC1)C(=O)c1c([nH]c3cc(N(C)C)ccc13)C2(C)C. The number of methoxy groups -OCH3 is 1. The van der Waals surface area contributed by atoms with Crippen molar-refractivity contribution in [3.63, 3.8) is 0 Å². The van der Waals surface area contributed by atoms with Gasteiger partial charge in [-0.2, -0.15) is 0 Å². The fourth-order valence-corrected chi connectivity index (χ4v) is 5.17. The number of nitrogens with one attached hydrogen (secondary N) is 1. The summed E-state index contributed by atoms with van der Waals surface area (Å²) in [5.41, 5.74) is 6.37. The van der Waals surface area contributed by atoms with Gasteiger partial charge < -0.3 is 24.4 Å². The lowest BCUT2D eigenvalue weighted by Gasteiger charge is -2.37. The monoisotopic (exact) mass is 432 g/mol. The van der Waals surface area contributed by atoms with Crippen LogP contribution in [0.4, 0.5) is 11.4 Å². The van der Waals surface area contributed by atoms with Gasteiger partial charge in [-0.3, -0.25) is 4.79 Å². The number of carbonyl (C=O) groups is 1. The van der Waals surface area contributed by atoms with Crippen molar-refractivity contribution in [2.45, 2.75) is 19.3 Å². The molecule has 0 bridgehead atoms. The van der Waals surface area contributed by atoms with Crippen LogP contribution in [0, 0.1) is 0 Å². The standard InChI is InChI=1S/C26H32N4O2/c1-26(2)19-15-22(32-6)21(30-11-9-29(5)10-12-30)14-18(19)24(31)23-17-8-7-16(28(3)4)13-20(17)27-25(23)26/h7-8,13-15,27H,9-12H2,1-6H3. The summed E-state index contributed by atoms with van der Waals surface area (Å²) < 4.78 is 5.83. The van der Waals surface area contributed by atoms with Crippen molar-refractivity contribution >= 4 is 28.1 Å². The highest BCUT2D eigenvalue weighted by Crippen LogP contribution is 2.47. The van der Waals surface area contributed by atoms with E-state index in [1.54, 1.807) is 7.11 Å². The molecular formula is C26H32N4O2. The molecule has 1 aliphatic carbocycles. The minimum Gasteiger partial charge on any atom is -0.495 e. The van der Waals surface area contributed by atoms with E-state index >= 15 is 0 Å². The second-order valence-corrected chi connectivity index (χ2v) is 9.81. The Morgan fingerprint density at radius 3 is 2.44 bits per heavy atom. The molecule has 6 nitrogen and oxygen atoms in total. The van der Waals surface area contributed by atoms with Gasteiger partial charge in [-0.05, 0) is 36.9 Å². The molecule has 0 amide bonds. The van der Waals surface area contributed by atoms with E-state index in [0.29, 0.717) is 0 Å². The molecule has 0 saturated carbocycles. The smallest absolute Gasteiger partial charge is 0.195 e. The summed E-state index contributed by atoms with van der Waals surface area (Å²) in [4.78, 5) is 24.2. The third-order valence-corrected chi connectivity index (χ3v) is 7.23. The first-order valence-electron chi connectivity index (χ1n) is 11.3. The van der Waals surface area contributed by atoms with Gasteiger partial charge in [0.15, 0.2) is 5.78 Å². The van der Waals surface area contributed by atoms with Gasteiger partial charge in [-0.1, -0.05) is 19.9 Å². The van der Waals surface area contributed by atoms with E-state index in [1.165, 1.54) is 0 Å². The molecule has 5 rings (SSSR count). The third kappa shape index (κ3) is 3.00. The van der Waals surface area contributed by atoms with Crippen molar-refractivity contribution in [1.82, 2.24) is 9.88 Å². The van der Waals surface area contributed by atoms with Crippen LogP contribution in [0.2, 0.25) is 0 Å². The lowest BCUT2D eigenvalue weighted by Crippen LogP contribution is -2.44. The van der Waals surface area contributed by atoms with Crippen molar-refractivity contribution in [3.8, 4) is 5.75 Å². The molecule has 1 fully saturated rings. The van der Waals surface area contributed by atoms with Crippen LogP contribution in [0.5, 0.6) is 5.75 Å². The summed E-state index contributed by atoms with van der Waals surface area (Å²) in [5, 5.41) is 0.992.